The Hall–Kier alpha value is 0.770. The summed E-state index contributed by atoms with van der Waals surface area (Å²) in [6.07, 6.45) is -0.111. The fourth-order valence-electron chi connectivity index (χ4n) is 0. The molecule has 0 bridgehead atoms. The van der Waals surface area contributed by atoms with Crippen LogP contribution in [0.3, 0.4) is 0 Å². The van der Waals surface area contributed by atoms with E-state index in [4.69, 9.17) is 0 Å². The topological polar surface area (TPSA) is 0 Å². The minimum absolute atomic E-state index is 0. The Bertz CT molecular complexity index is 8.00. The second kappa shape index (κ2) is 9.23. The maximum Gasteiger partial charge on any atom is 0.0696 e. The molecule has 0 aromatic heterocycles. The zero-order valence-electron chi connectivity index (χ0n) is 2.79. The maximum atomic E-state index is 10.4. The number of halogens is 1. The van der Waals surface area contributed by atoms with Gasteiger partial charge in [-0.1, -0.05) is 0 Å². The van der Waals surface area contributed by atoms with Gasteiger partial charge in [0.2, 0.25) is 0 Å². The molecule has 0 nitrogen and oxygen atoms in total. The first-order valence-corrected chi connectivity index (χ1v) is 2.39. The molecule has 0 spiro atoms. The third-order valence-electron chi connectivity index (χ3n) is 0. The monoisotopic (exact) mass is 128 g/mol. The standard InChI is InChI=1S/CH5FSi.Zn/c2-1-3;/h1H2,3H3;. The molecule has 0 rings (SSSR count). The summed E-state index contributed by atoms with van der Waals surface area (Å²) < 4.78 is 10.4. The number of rotatable bonds is 0. The van der Waals surface area contributed by atoms with Crippen molar-refractivity contribution >= 4 is 10.2 Å². The average molecular weight is 130 g/mol. The van der Waals surface area contributed by atoms with Gasteiger partial charge >= 0.3 is 0 Å². The van der Waals surface area contributed by atoms with Gasteiger partial charge in [-0.2, -0.15) is 0 Å². The molecule has 0 N–H and O–H groups in total. The van der Waals surface area contributed by atoms with Crippen LogP contribution in [0.2, 0.25) is 0 Å². The molecule has 0 amide bonds. The summed E-state index contributed by atoms with van der Waals surface area (Å²) in [5, 5.41) is 0. The van der Waals surface area contributed by atoms with E-state index < -0.39 is 0 Å². The fraction of sp³-hybridized carbons (Fsp3) is 1.00. The zero-order valence-corrected chi connectivity index (χ0v) is 7.76. The van der Waals surface area contributed by atoms with E-state index in [1.807, 2.05) is 0 Å². The van der Waals surface area contributed by atoms with Crippen LogP contribution in [0.5, 0.6) is 0 Å². The molecule has 0 saturated heterocycles. The second-order valence-corrected chi connectivity index (χ2v) is 0.802. The van der Waals surface area contributed by atoms with Crippen LogP contribution in [0.25, 0.3) is 0 Å². The molecule has 0 radical (unpaired) electrons. The van der Waals surface area contributed by atoms with E-state index >= 15 is 0 Å². The van der Waals surface area contributed by atoms with Crippen molar-refractivity contribution in [2.75, 3.05) is 6.30 Å². The molecule has 0 aromatic rings. The molecule has 0 aliphatic carbocycles. The molecule has 0 aliphatic heterocycles. The van der Waals surface area contributed by atoms with Crippen molar-refractivity contribution in [2.45, 2.75) is 0 Å². The van der Waals surface area contributed by atoms with Crippen molar-refractivity contribution in [1.82, 2.24) is 0 Å². The Morgan fingerprint density at radius 1 is 1.75 bits per heavy atom. The molecule has 22 valence electrons. The normalized spacial score (nSPS) is 5.25. The van der Waals surface area contributed by atoms with E-state index in [-0.39, 0.29) is 25.8 Å². The largest absolute Gasteiger partial charge is 0.256 e. The number of hydrogen-bond donors (Lipinski definition) is 0. The third kappa shape index (κ3) is 14.6. The summed E-state index contributed by atoms with van der Waals surface area (Å²) in [5.41, 5.74) is 0. The van der Waals surface area contributed by atoms with Crippen LogP contribution >= 0.6 is 0 Å². The van der Waals surface area contributed by atoms with Crippen molar-refractivity contribution in [3.63, 3.8) is 0 Å². The molecule has 0 atom stereocenters. The Kier molecular flexibility index (Phi) is 20.4. The predicted octanol–water partition coefficient (Wildman–Crippen LogP) is -0.724. The van der Waals surface area contributed by atoms with Gasteiger partial charge < -0.3 is 0 Å². The average Bonchev–Trinajstić information content (AvgIpc) is 0.918. The minimum atomic E-state index is -0.111. The van der Waals surface area contributed by atoms with E-state index in [1.54, 1.807) is 0 Å². The van der Waals surface area contributed by atoms with E-state index in [1.165, 1.54) is 0 Å². The molecule has 0 aliphatic rings. The van der Waals surface area contributed by atoms with E-state index in [2.05, 4.69) is 0 Å². The van der Waals surface area contributed by atoms with Crippen LogP contribution in [-0.2, 0) is 19.5 Å². The van der Waals surface area contributed by atoms with E-state index in [0.29, 0.717) is 10.2 Å². The van der Waals surface area contributed by atoms with Gasteiger partial charge in [-0.3, -0.25) is 4.39 Å². The molecule has 0 heterocycles. The Balaban J connectivity index is 0. The SMILES string of the molecule is FC[SiH3].[Zn]. The molecular formula is CH5FSiZn. The van der Waals surface area contributed by atoms with Crippen molar-refractivity contribution in [3.05, 3.63) is 0 Å². The van der Waals surface area contributed by atoms with Crippen molar-refractivity contribution in [1.29, 1.82) is 0 Å². The number of alkyl halides is 1. The third-order valence-corrected chi connectivity index (χ3v) is 0. The summed E-state index contributed by atoms with van der Waals surface area (Å²) >= 11 is 0. The first kappa shape index (κ1) is 8.84. The van der Waals surface area contributed by atoms with Gasteiger partial charge in [0.05, 0.1) is 6.30 Å². The summed E-state index contributed by atoms with van der Waals surface area (Å²) in [7, 11) is 0.702. The van der Waals surface area contributed by atoms with Crippen LogP contribution in [0.4, 0.5) is 4.39 Å². The smallest absolute Gasteiger partial charge is 0.0696 e. The van der Waals surface area contributed by atoms with Crippen LogP contribution < -0.4 is 0 Å². The van der Waals surface area contributed by atoms with Gasteiger partial charge in [-0.05, 0) is 0 Å². The van der Waals surface area contributed by atoms with Crippen LogP contribution in [0.15, 0.2) is 0 Å². The summed E-state index contributed by atoms with van der Waals surface area (Å²) in [6, 6.07) is 0. The van der Waals surface area contributed by atoms with Crippen molar-refractivity contribution in [3.8, 4) is 0 Å². The second-order valence-electron chi connectivity index (χ2n) is 0.267. The molecule has 0 unspecified atom stereocenters. The van der Waals surface area contributed by atoms with Gasteiger partial charge in [-0.15, -0.1) is 0 Å². The van der Waals surface area contributed by atoms with Gasteiger partial charge in [0, 0.05) is 29.7 Å². The molecule has 4 heavy (non-hydrogen) atoms. The van der Waals surface area contributed by atoms with Gasteiger partial charge in [0.1, 0.15) is 0 Å². The first-order chi connectivity index (χ1) is 1.41. The quantitative estimate of drug-likeness (QED) is 0.379. The van der Waals surface area contributed by atoms with Crippen molar-refractivity contribution in [2.24, 2.45) is 0 Å². The van der Waals surface area contributed by atoms with Crippen LogP contribution in [0.1, 0.15) is 0 Å². The maximum absolute atomic E-state index is 10.4. The summed E-state index contributed by atoms with van der Waals surface area (Å²) in [5.74, 6) is 0. The Morgan fingerprint density at radius 3 is 1.75 bits per heavy atom. The van der Waals surface area contributed by atoms with Crippen molar-refractivity contribution < 1.29 is 23.9 Å². The molecular weight excluding hydrogens is 124 g/mol. The summed E-state index contributed by atoms with van der Waals surface area (Å²) in [4.78, 5) is 0. The molecule has 0 saturated carbocycles. The van der Waals surface area contributed by atoms with Gasteiger partial charge in [0.15, 0.2) is 0 Å². The molecule has 3 heteroatoms. The van der Waals surface area contributed by atoms with Crippen LogP contribution in [0, 0.1) is 0 Å². The van der Waals surface area contributed by atoms with Gasteiger partial charge in [-0.25, -0.2) is 0 Å². The molecule has 0 aromatic carbocycles. The predicted molar refractivity (Wildman–Crippen MR) is 15.9 cm³/mol. The molecule has 0 fully saturated rings. The van der Waals surface area contributed by atoms with Gasteiger partial charge in [0.25, 0.3) is 0 Å². The fourth-order valence-corrected chi connectivity index (χ4v) is 0. The first-order valence-electron chi connectivity index (χ1n) is 0.974. The Morgan fingerprint density at radius 2 is 1.75 bits per heavy atom. The summed E-state index contributed by atoms with van der Waals surface area (Å²) in [6.45, 7) is 0. The number of hydrogen-bond acceptors (Lipinski definition) is 0. The Labute approximate surface area is 41.0 Å². The van der Waals surface area contributed by atoms with Crippen LogP contribution in [-0.4, -0.2) is 16.5 Å². The van der Waals surface area contributed by atoms with E-state index in [9.17, 15) is 4.39 Å². The zero-order chi connectivity index (χ0) is 2.71. The van der Waals surface area contributed by atoms with E-state index in [0.717, 1.165) is 0 Å². The minimum Gasteiger partial charge on any atom is -0.256 e.